The summed E-state index contributed by atoms with van der Waals surface area (Å²) in [5.74, 6) is 0.0706. The number of ketones is 1. The minimum Gasteiger partial charge on any atom is -0.287 e. The summed E-state index contributed by atoms with van der Waals surface area (Å²) in [5.41, 5.74) is 0. The average Bonchev–Trinajstić information content (AvgIpc) is 2.73. The van der Waals surface area contributed by atoms with Gasteiger partial charge in [-0.15, -0.1) is 22.7 Å². The lowest BCUT2D eigenvalue weighted by atomic mass is 10.3. The molecule has 72 valence electrons. The lowest BCUT2D eigenvalue weighted by Crippen LogP contribution is -1.96. The lowest BCUT2D eigenvalue weighted by molar-refractivity contribution is 0.104. The highest BCUT2D eigenvalue weighted by atomic mass is 127. The van der Waals surface area contributed by atoms with Crippen molar-refractivity contribution in [3.05, 3.63) is 41.2 Å². The normalized spacial score (nSPS) is 10.4. The van der Waals surface area contributed by atoms with Gasteiger partial charge in [-0.25, -0.2) is 0 Å². The summed E-state index contributed by atoms with van der Waals surface area (Å²) >= 11 is 10.7. The van der Waals surface area contributed by atoms with Gasteiger partial charge in [0, 0.05) is 3.57 Å². The van der Waals surface area contributed by atoms with E-state index in [-0.39, 0.29) is 5.78 Å². The first-order valence-electron chi connectivity index (χ1n) is 3.71. The molecule has 0 saturated carbocycles. The Morgan fingerprint density at radius 1 is 1.36 bits per heavy atom. The van der Waals surface area contributed by atoms with E-state index in [9.17, 15) is 4.79 Å². The van der Waals surface area contributed by atoms with Crippen molar-refractivity contribution in [3.8, 4) is 0 Å². The van der Waals surface area contributed by atoms with Crippen molar-refractivity contribution in [1.82, 2.24) is 0 Å². The Hall–Kier alpha value is 0.0900. The first kappa shape index (κ1) is 10.6. The zero-order valence-corrected chi connectivity index (χ0v) is 11.3. The van der Waals surface area contributed by atoms with Crippen molar-refractivity contribution >= 4 is 62.6 Å². The molecule has 0 amide bonds. The van der Waals surface area contributed by atoms with E-state index < -0.39 is 0 Å². The first-order chi connectivity index (χ1) is 6.68. The van der Waals surface area contributed by atoms with Gasteiger partial charge >= 0.3 is 0 Å². The number of halogens is 2. The molecule has 0 saturated heterocycles. The van der Waals surface area contributed by atoms with Gasteiger partial charge in [0.25, 0.3) is 0 Å². The highest BCUT2D eigenvalue weighted by Gasteiger charge is 2.15. The molecule has 0 spiro atoms. The number of hydrogen-bond donors (Lipinski definition) is 0. The van der Waals surface area contributed by atoms with Crippen LogP contribution in [0.5, 0.6) is 0 Å². The molecule has 0 aliphatic rings. The standard InChI is InChI=1S/C9H4ClIOS2/c10-7-2-1-6(14-7)8(12)9-5(11)3-4-13-9/h1-4H. The maximum Gasteiger partial charge on any atom is 0.213 e. The van der Waals surface area contributed by atoms with Gasteiger partial charge in [-0.1, -0.05) is 11.6 Å². The highest BCUT2D eigenvalue weighted by molar-refractivity contribution is 14.1. The monoisotopic (exact) mass is 354 g/mol. The van der Waals surface area contributed by atoms with Crippen molar-refractivity contribution in [3.63, 3.8) is 0 Å². The molecule has 2 aromatic rings. The molecule has 2 aromatic heterocycles. The van der Waals surface area contributed by atoms with Gasteiger partial charge in [0.1, 0.15) is 0 Å². The maximum absolute atomic E-state index is 11.9. The van der Waals surface area contributed by atoms with Gasteiger partial charge < -0.3 is 0 Å². The minimum atomic E-state index is 0.0706. The largest absolute Gasteiger partial charge is 0.287 e. The Labute approximate surface area is 108 Å². The molecule has 0 aliphatic carbocycles. The average molecular weight is 355 g/mol. The molecule has 0 bridgehead atoms. The molecule has 1 nitrogen and oxygen atoms in total. The van der Waals surface area contributed by atoms with Gasteiger partial charge in [0.05, 0.1) is 14.1 Å². The molecular weight excluding hydrogens is 351 g/mol. The van der Waals surface area contributed by atoms with Crippen LogP contribution in [0.15, 0.2) is 23.6 Å². The summed E-state index contributed by atoms with van der Waals surface area (Å²) in [6, 6.07) is 5.46. The van der Waals surface area contributed by atoms with E-state index in [2.05, 4.69) is 22.6 Å². The van der Waals surface area contributed by atoms with Crippen LogP contribution >= 0.6 is 56.9 Å². The number of thiophene rings is 2. The van der Waals surface area contributed by atoms with Crippen LogP contribution < -0.4 is 0 Å². The summed E-state index contributed by atoms with van der Waals surface area (Å²) in [4.78, 5) is 13.4. The zero-order chi connectivity index (χ0) is 10.1. The summed E-state index contributed by atoms with van der Waals surface area (Å²) in [6.07, 6.45) is 0. The molecule has 0 aliphatic heterocycles. The molecule has 0 fully saturated rings. The van der Waals surface area contributed by atoms with E-state index in [1.54, 1.807) is 12.1 Å². The van der Waals surface area contributed by atoms with Crippen LogP contribution in [0.2, 0.25) is 4.34 Å². The topological polar surface area (TPSA) is 17.1 Å². The number of hydrogen-bond acceptors (Lipinski definition) is 3. The van der Waals surface area contributed by atoms with Crippen molar-refractivity contribution in [1.29, 1.82) is 0 Å². The molecule has 0 aromatic carbocycles. The second kappa shape index (κ2) is 4.30. The number of rotatable bonds is 2. The van der Waals surface area contributed by atoms with Crippen LogP contribution in [0.3, 0.4) is 0 Å². The van der Waals surface area contributed by atoms with Crippen molar-refractivity contribution in [2.45, 2.75) is 0 Å². The van der Waals surface area contributed by atoms with E-state index in [4.69, 9.17) is 11.6 Å². The maximum atomic E-state index is 11.9. The van der Waals surface area contributed by atoms with Gasteiger partial charge in [0.2, 0.25) is 5.78 Å². The van der Waals surface area contributed by atoms with Gasteiger partial charge in [-0.2, -0.15) is 0 Å². The second-order valence-electron chi connectivity index (χ2n) is 2.53. The lowest BCUT2D eigenvalue weighted by Gasteiger charge is -1.93. The quantitative estimate of drug-likeness (QED) is 0.580. The molecular formula is C9H4ClIOS2. The van der Waals surface area contributed by atoms with Crippen LogP contribution in [0.25, 0.3) is 0 Å². The second-order valence-corrected chi connectivity index (χ2v) is 6.32. The molecule has 0 unspecified atom stereocenters. The molecule has 0 radical (unpaired) electrons. The Bertz CT molecular complexity index is 475. The van der Waals surface area contributed by atoms with Crippen LogP contribution in [0.4, 0.5) is 0 Å². The molecule has 0 atom stereocenters. The fourth-order valence-corrected chi connectivity index (χ4v) is 3.85. The number of carbonyl (C=O) groups is 1. The van der Waals surface area contributed by atoms with Crippen LogP contribution in [0.1, 0.15) is 14.5 Å². The fourth-order valence-electron chi connectivity index (χ4n) is 1.00. The van der Waals surface area contributed by atoms with Crippen molar-refractivity contribution in [2.75, 3.05) is 0 Å². The first-order valence-corrected chi connectivity index (χ1v) is 6.87. The predicted molar refractivity (Wildman–Crippen MR) is 69.8 cm³/mol. The Morgan fingerprint density at radius 3 is 2.64 bits per heavy atom. The van der Waals surface area contributed by atoms with E-state index in [0.717, 1.165) is 8.45 Å². The number of carbonyl (C=O) groups excluding carboxylic acids is 1. The third-order valence-corrected chi connectivity index (χ3v) is 5.03. The third-order valence-electron chi connectivity index (χ3n) is 1.62. The van der Waals surface area contributed by atoms with Crippen LogP contribution in [-0.4, -0.2) is 5.78 Å². The molecule has 2 heterocycles. The molecule has 14 heavy (non-hydrogen) atoms. The van der Waals surface area contributed by atoms with Crippen molar-refractivity contribution < 1.29 is 4.79 Å². The Morgan fingerprint density at radius 2 is 2.14 bits per heavy atom. The predicted octanol–water partition coefficient (Wildman–Crippen LogP) is 4.30. The molecule has 0 N–H and O–H groups in total. The zero-order valence-electron chi connectivity index (χ0n) is 6.79. The van der Waals surface area contributed by atoms with Crippen LogP contribution in [0, 0.1) is 3.57 Å². The summed E-state index contributed by atoms with van der Waals surface area (Å²) < 4.78 is 1.65. The highest BCUT2D eigenvalue weighted by Crippen LogP contribution is 2.27. The molecule has 2 rings (SSSR count). The Kier molecular flexibility index (Phi) is 3.26. The smallest absolute Gasteiger partial charge is 0.213 e. The summed E-state index contributed by atoms with van der Waals surface area (Å²) in [5, 5.41) is 1.92. The van der Waals surface area contributed by atoms with E-state index >= 15 is 0 Å². The van der Waals surface area contributed by atoms with Crippen LogP contribution in [-0.2, 0) is 0 Å². The van der Waals surface area contributed by atoms with Crippen molar-refractivity contribution in [2.24, 2.45) is 0 Å². The van der Waals surface area contributed by atoms with Gasteiger partial charge in [-0.3, -0.25) is 4.79 Å². The minimum absolute atomic E-state index is 0.0706. The third kappa shape index (κ3) is 2.03. The fraction of sp³-hybridized carbons (Fsp3) is 0. The summed E-state index contributed by atoms with van der Waals surface area (Å²) in [6.45, 7) is 0. The van der Waals surface area contributed by atoms with E-state index in [1.807, 2.05) is 11.4 Å². The van der Waals surface area contributed by atoms with E-state index in [1.165, 1.54) is 22.7 Å². The summed E-state index contributed by atoms with van der Waals surface area (Å²) in [7, 11) is 0. The SMILES string of the molecule is O=C(c1ccc(Cl)s1)c1sccc1I. The molecule has 5 heteroatoms. The van der Waals surface area contributed by atoms with E-state index in [0.29, 0.717) is 9.21 Å². The van der Waals surface area contributed by atoms with Gasteiger partial charge in [-0.05, 0) is 46.2 Å². The Balaban J connectivity index is 2.38. The van der Waals surface area contributed by atoms with Gasteiger partial charge in [0.15, 0.2) is 0 Å².